The van der Waals surface area contributed by atoms with Crippen molar-refractivity contribution in [1.29, 1.82) is 0 Å². The Hall–Kier alpha value is -3.70. The molecule has 11 nitrogen and oxygen atoms in total. The molecular formula is C19H17ClN8O3. The first-order chi connectivity index (χ1) is 14.9. The van der Waals surface area contributed by atoms with Crippen LogP contribution in [0.1, 0.15) is 22.9 Å². The third-order valence-electron chi connectivity index (χ3n) is 4.32. The second-order valence-electron chi connectivity index (χ2n) is 6.62. The molecule has 31 heavy (non-hydrogen) atoms. The van der Waals surface area contributed by atoms with E-state index in [4.69, 9.17) is 16.3 Å². The number of imidazole rings is 1. The Morgan fingerprint density at radius 2 is 1.97 bits per heavy atom. The number of hydrogen-bond acceptors (Lipinski definition) is 9. The van der Waals surface area contributed by atoms with E-state index in [1.807, 2.05) is 13.8 Å². The van der Waals surface area contributed by atoms with E-state index in [2.05, 4.69) is 30.4 Å². The normalized spacial score (nSPS) is 11.1. The second kappa shape index (κ2) is 8.58. The van der Waals surface area contributed by atoms with Crippen LogP contribution in [0.15, 0.2) is 36.7 Å². The number of ether oxygens (including phenoxy) is 1. The van der Waals surface area contributed by atoms with E-state index in [0.29, 0.717) is 35.3 Å². The Labute approximate surface area is 181 Å². The minimum absolute atomic E-state index is 0.186. The number of aryl methyl sites for hydroxylation is 2. The lowest BCUT2D eigenvalue weighted by atomic mass is 10.3. The average Bonchev–Trinajstić information content (AvgIpc) is 3.16. The van der Waals surface area contributed by atoms with Crippen molar-refractivity contribution in [3.05, 3.63) is 74.7 Å². The van der Waals surface area contributed by atoms with Gasteiger partial charge in [0.1, 0.15) is 17.8 Å². The fourth-order valence-electron chi connectivity index (χ4n) is 2.92. The summed E-state index contributed by atoms with van der Waals surface area (Å²) in [7, 11) is 0. The zero-order chi connectivity index (χ0) is 22.0. The standard InChI is InChI=1S/C19H17ClN8O3/c1-11-19(20)15(25-12(2)24-11)9-21-7-13-3-4-14(8-22-13)31-17-6-5-16-23-10-18(28(29)30)27(16)26-17/h3-6,8,10,21H,7,9H2,1-2H3. The van der Waals surface area contributed by atoms with Gasteiger partial charge in [0.2, 0.25) is 5.65 Å². The molecule has 4 aromatic rings. The van der Waals surface area contributed by atoms with Gasteiger partial charge >= 0.3 is 5.82 Å². The van der Waals surface area contributed by atoms with Gasteiger partial charge in [-0.25, -0.2) is 15.0 Å². The highest BCUT2D eigenvalue weighted by Crippen LogP contribution is 2.21. The maximum atomic E-state index is 11.0. The van der Waals surface area contributed by atoms with Gasteiger partial charge in [0, 0.05) is 25.2 Å². The molecule has 1 N–H and O–H groups in total. The van der Waals surface area contributed by atoms with Crippen molar-refractivity contribution in [1.82, 2.24) is 34.9 Å². The lowest BCUT2D eigenvalue weighted by Crippen LogP contribution is -2.16. The minimum Gasteiger partial charge on any atom is -0.434 e. The molecule has 0 atom stereocenters. The third kappa shape index (κ3) is 4.57. The van der Waals surface area contributed by atoms with Crippen LogP contribution < -0.4 is 10.1 Å². The number of nitro groups is 1. The molecule has 158 valence electrons. The molecule has 0 aliphatic rings. The minimum atomic E-state index is -0.558. The summed E-state index contributed by atoms with van der Waals surface area (Å²) >= 11 is 6.25. The number of nitrogens with zero attached hydrogens (tertiary/aromatic N) is 7. The summed E-state index contributed by atoms with van der Waals surface area (Å²) in [6, 6.07) is 6.71. The molecule has 0 aliphatic heterocycles. The molecule has 12 heteroatoms. The van der Waals surface area contributed by atoms with E-state index in [0.717, 1.165) is 27.8 Å². The molecule has 0 aliphatic carbocycles. The first kappa shape index (κ1) is 20.6. The zero-order valence-electron chi connectivity index (χ0n) is 16.6. The SMILES string of the molecule is Cc1nc(C)c(Cl)c(CNCc2ccc(Oc3ccc4ncc([N+](=O)[O-])n4n3)cn2)n1. The number of aromatic nitrogens is 6. The van der Waals surface area contributed by atoms with Crippen molar-refractivity contribution in [3.8, 4) is 11.6 Å². The number of fused-ring (bicyclic) bond motifs is 1. The van der Waals surface area contributed by atoms with Crippen LogP contribution in [0.3, 0.4) is 0 Å². The molecule has 0 amide bonds. The topological polar surface area (TPSA) is 133 Å². The largest absolute Gasteiger partial charge is 0.434 e. The van der Waals surface area contributed by atoms with Crippen LogP contribution in [-0.4, -0.2) is 34.5 Å². The van der Waals surface area contributed by atoms with E-state index in [9.17, 15) is 10.1 Å². The number of rotatable bonds is 7. The molecule has 0 unspecified atom stereocenters. The van der Waals surface area contributed by atoms with E-state index in [-0.39, 0.29) is 11.7 Å². The summed E-state index contributed by atoms with van der Waals surface area (Å²) in [5, 5.41) is 19.0. The summed E-state index contributed by atoms with van der Waals surface area (Å²) in [4.78, 5) is 27.4. The van der Waals surface area contributed by atoms with Crippen LogP contribution in [0.4, 0.5) is 5.82 Å². The van der Waals surface area contributed by atoms with E-state index in [1.165, 1.54) is 0 Å². The lowest BCUT2D eigenvalue weighted by Gasteiger charge is -2.09. The summed E-state index contributed by atoms with van der Waals surface area (Å²) in [5.74, 6) is 1.06. The fraction of sp³-hybridized carbons (Fsp3) is 0.211. The van der Waals surface area contributed by atoms with Crippen LogP contribution in [0.25, 0.3) is 5.65 Å². The molecular weight excluding hydrogens is 424 g/mol. The van der Waals surface area contributed by atoms with Gasteiger partial charge in [0.05, 0.1) is 28.3 Å². The highest BCUT2D eigenvalue weighted by Gasteiger charge is 2.16. The van der Waals surface area contributed by atoms with E-state index in [1.54, 1.807) is 30.5 Å². The molecule has 0 spiro atoms. The van der Waals surface area contributed by atoms with Gasteiger partial charge in [-0.3, -0.25) is 4.98 Å². The van der Waals surface area contributed by atoms with Crippen LogP contribution >= 0.6 is 11.6 Å². The van der Waals surface area contributed by atoms with Crippen molar-refractivity contribution in [2.45, 2.75) is 26.9 Å². The Morgan fingerprint density at radius 1 is 1.13 bits per heavy atom. The summed E-state index contributed by atoms with van der Waals surface area (Å²) < 4.78 is 6.78. The van der Waals surface area contributed by atoms with Crippen LogP contribution in [0, 0.1) is 24.0 Å². The lowest BCUT2D eigenvalue weighted by molar-refractivity contribution is -0.391. The van der Waals surface area contributed by atoms with Gasteiger partial charge in [-0.05, 0) is 36.0 Å². The maximum Gasteiger partial charge on any atom is 0.368 e. The predicted octanol–water partition coefficient (Wildman–Crippen LogP) is 3.17. The number of halogens is 1. The molecule has 4 heterocycles. The second-order valence-corrected chi connectivity index (χ2v) is 7.00. The Balaban J connectivity index is 1.39. The quantitative estimate of drug-likeness (QED) is 0.339. The van der Waals surface area contributed by atoms with Gasteiger partial charge < -0.3 is 20.2 Å². The molecule has 0 fully saturated rings. The van der Waals surface area contributed by atoms with Crippen LogP contribution in [-0.2, 0) is 13.1 Å². The first-order valence-electron chi connectivity index (χ1n) is 9.23. The molecule has 0 radical (unpaired) electrons. The van der Waals surface area contributed by atoms with Crippen LogP contribution in [0.2, 0.25) is 5.02 Å². The van der Waals surface area contributed by atoms with Crippen molar-refractivity contribution in [2.75, 3.05) is 0 Å². The van der Waals surface area contributed by atoms with E-state index < -0.39 is 4.92 Å². The van der Waals surface area contributed by atoms with Gasteiger partial charge in [0.15, 0.2) is 0 Å². The van der Waals surface area contributed by atoms with Gasteiger partial charge in [-0.1, -0.05) is 16.1 Å². The summed E-state index contributed by atoms with van der Waals surface area (Å²) in [6.07, 6.45) is 2.70. The smallest absolute Gasteiger partial charge is 0.368 e. The highest BCUT2D eigenvalue weighted by atomic mass is 35.5. The Bertz CT molecular complexity index is 1260. The van der Waals surface area contributed by atoms with Gasteiger partial charge in [-0.2, -0.15) is 0 Å². The Morgan fingerprint density at radius 3 is 2.71 bits per heavy atom. The highest BCUT2D eigenvalue weighted by molar-refractivity contribution is 6.31. The molecule has 0 saturated heterocycles. The van der Waals surface area contributed by atoms with Crippen molar-refractivity contribution in [3.63, 3.8) is 0 Å². The summed E-state index contributed by atoms with van der Waals surface area (Å²) in [5.41, 5.74) is 2.63. The molecule has 0 bridgehead atoms. The average molecular weight is 441 g/mol. The zero-order valence-corrected chi connectivity index (χ0v) is 17.4. The fourth-order valence-corrected chi connectivity index (χ4v) is 3.07. The number of pyridine rings is 1. The molecule has 4 rings (SSSR count). The van der Waals surface area contributed by atoms with E-state index >= 15 is 0 Å². The maximum absolute atomic E-state index is 11.0. The number of nitrogens with one attached hydrogen (secondary N) is 1. The molecule has 4 aromatic heterocycles. The van der Waals surface area contributed by atoms with Crippen molar-refractivity contribution in [2.24, 2.45) is 0 Å². The number of hydrogen-bond donors (Lipinski definition) is 1. The monoisotopic (exact) mass is 440 g/mol. The van der Waals surface area contributed by atoms with Crippen molar-refractivity contribution >= 4 is 23.1 Å². The van der Waals surface area contributed by atoms with Gasteiger partial charge in [0.25, 0.3) is 5.88 Å². The molecule has 0 aromatic carbocycles. The van der Waals surface area contributed by atoms with Crippen LogP contribution in [0.5, 0.6) is 11.6 Å². The summed E-state index contributed by atoms with van der Waals surface area (Å²) in [6.45, 7) is 4.66. The predicted molar refractivity (Wildman–Crippen MR) is 111 cm³/mol. The third-order valence-corrected chi connectivity index (χ3v) is 4.81. The van der Waals surface area contributed by atoms with Gasteiger partial charge in [-0.15, -0.1) is 0 Å². The first-order valence-corrected chi connectivity index (χ1v) is 9.61. The molecule has 0 saturated carbocycles. The van der Waals surface area contributed by atoms with Crippen molar-refractivity contribution < 1.29 is 9.66 Å². The Kier molecular flexibility index (Phi) is 5.69.